The summed E-state index contributed by atoms with van der Waals surface area (Å²) < 4.78 is 31.5. The molecule has 0 aliphatic heterocycles. The van der Waals surface area contributed by atoms with E-state index in [1.165, 1.54) is 12.1 Å². The molecule has 0 aliphatic rings. The molecule has 106 valence electrons. The molecular weight excluding hydrogens is 264 g/mol. The van der Waals surface area contributed by atoms with Crippen LogP contribution in [0.15, 0.2) is 42.5 Å². The van der Waals surface area contributed by atoms with Crippen molar-refractivity contribution in [1.82, 2.24) is 0 Å². The maximum absolute atomic E-state index is 13.4. The number of ether oxygens (including phenoxy) is 1. The minimum absolute atomic E-state index is 0.0255. The maximum atomic E-state index is 13.4. The molecule has 3 nitrogen and oxygen atoms in total. The van der Waals surface area contributed by atoms with Crippen LogP contribution in [0, 0.1) is 11.6 Å². The van der Waals surface area contributed by atoms with Crippen molar-refractivity contribution < 1.29 is 18.6 Å². The van der Waals surface area contributed by atoms with Gasteiger partial charge in [-0.1, -0.05) is 18.2 Å². The van der Waals surface area contributed by atoms with Crippen molar-refractivity contribution in [2.24, 2.45) is 0 Å². The first-order valence-electron chi connectivity index (χ1n) is 6.11. The van der Waals surface area contributed by atoms with Crippen LogP contribution < -0.4 is 10.1 Å². The van der Waals surface area contributed by atoms with Crippen molar-refractivity contribution in [1.29, 1.82) is 0 Å². The Morgan fingerprint density at radius 2 is 1.85 bits per heavy atom. The highest BCUT2D eigenvalue weighted by Crippen LogP contribution is 2.20. The molecule has 0 spiro atoms. The van der Waals surface area contributed by atoms with Crippen molar-refractivity contribution >= 4 is 5.69 Å². The molecular formula is C15H15F2NO2. The highest BCUT2D eigenvalue weighted by atomic mass is 19.2. The topological polar surface area (TPSA) is 41.5 Å². The largest absolute Gasteiger partial charge is 0.497 e. The van der Waals surface area contributed by atoms with E-state index in [4.69, 9.17) is 4.74 Å². The van der Waals surface area contributed by atoms with E-state index in [1.54, 1.807) is 31.4 Å². The van der Waals surface area contributed by atoms with Gasteiger partial charge in [-0.15, -0.1) is 0 Å². The molecule has 0 radical (unpaired) electrons. The fraction of sp³-hybridized carbons (Fsp3) is 0.200. The van der Waals surface area contributed by atoms with Crippen LogP contribution in [0.4, 0.5) is 14.5 Å². The smallest absolute Gasteiger partial charge is 0.181 e. The summed E-state index contributed by atoms with van der Waals surface area (Å²) in [6, 6.07) is 10.7. The van der Waals surface area contributed by atoms with E-state index in [1.807, 2.05) is 0 Å². The second kappa shape index (κ2) is 6.34. The Hall–Kier alpha value is -2.14. The third-order valence-electron chi connectivity index (χ3n) is 2.94. The number of aliphatic hydroxyl groups is 1. The number of nitrogens with one attached hydrogen (secondary N) is 1. The number of aliphatic hydroxyl groups excluding tert-OH is 1. The van der Waals surface area contributed by atoms with Gasteiger partial charge in [0.1, 0.15) is 5.75 Å². The van der Waals surface area contributed by atoms with Crippen molar-refractivity contribution in [3.05, 3.63) is 59.7 Å². The molecule has 20 heavy (non-hydrogen) atoms. The van der Waals surface area contributed by atoms with E-state index < -0.39 is 17.7 Å². The fourth-order valence-corrected chi connectivity index (χ4v) is 1.79. The highest BCUT2D eigenvalue weighted by Gasteiger charge is 2.11. The van der Waals surface area contributed by atoms with Crippen LogP contribution in [0.3, 0.4) is 0 Å². The Morgan fingerprint density at radius 1 is 1.15 bits per heavy atom. The average molecular weight is 279 g/mol. The molecule has 0 saturated carbocycles. The van der Waals surface area contributed by atoms with E-state index in [0.29, 0.717) is 11.3 Å². The molecule has 2 aromatic rings. The summed E-state index contributed by atoms with van der Waals surface area (Å²) in [5, 5.41) is 12.7. The number of methoxy groups -OCH3 is 1. The Kier molecular flexibility index (Phi) is 4.53. The van der Waals surface area contributed by atoms with E-state index in [9.17, 15) is 13.9 Å². The van der Waals surface area contributed by atoms with Crippen molar-refractivity contribution in [3.8, 4) is 5.75 Å². The predicted molar refractivity (Wildman–Crippen MR) is 72.8 cm³/mol. The molecule has 0 aliphatic carbocycles. The van der Waals surface area contributed by atoms with Crippen molar-refractivity contribution in [3.63, 3.8) is 0 Å². The maximum Gasteiger partial charge on any atom is 0.181 e. The summed E-state index contributed by atoms with van der Waals surface area (Å²) in [7, 11) is 1.56. The Labute approximate surface area is 115 Å². The summed E-state index contributed by atoms with van der Waals surface area (Å²) in [5.74, 6) is -1.19. The number of halogens is 2. The predicted octanol–water partition coefficient (Wildman–Crippen LogP) is 3.12. The van der Waals surface area contributed by atoms with Crippen molar-refractivity contribution in [2.45, 2.75) is 6.10 Å². The van der Waals surface area contributed by atoms with Gasteiger partial charge in [-0.05, 0) is 29.8 Å². The van der Waals surface area contributed by atoms with E-state index in [0.717, 1.165) is 6.07 Å². The molecule has 1 atom stereocenters. The molecule has 5 heteroatoms. The van der Waals surface area contributed by atoms with Gasteiger partial charge < -0.3 is 15.2 Å². The van der Waals surface area contributed by atoms with Gasteiger partial charge in [-0.3, -0.25) is 0 Å². The second-order valence-corrected chi connectivity index (χ2v) is 4.27. The van der Waals surface area contributed by atoms with Crippen LogP contribution in [0.5, 0.6) is 5.75 Å². The summed E-state index contributed by atoms with van der Waals surface area (Å²) in [6.07, 6.45) is -0.830. The lowest BCUT2D eigenvalue weighted by atomic mass is 10.1. The highest BCUT2D eigenvalue weighted by molar-refractivity contribution is 5.45. The van der Waals surface area contributed by atoms with Gasteiger partial charge in [0.15, 0.2) is 11.6 Å². The van der Waals surface area contributed by atoms with Gasteiger partial charge in [0.05, 0.1) is 18.9 Å². The first-order valence-corrected chi connectivity index (χ1v) is 6.11. The first-order chi connectivity index (χ1) is 9.61. The molecule has 2 N–H and O–H groups in total. The number of hydrogen-bond acceptors (Lipinski definition) is 3. The lowest BCUT2D eigenvalue weighted by Gasteiger charge is -2.14. The van der Waals surface area contributed by atoms with E-state index >= 15 is 0 Å². The molecule has 0 amide bonds. The zero-order chi connectivity index (χ0) is 14.5. The summed E-state index contributed by atoms with van der Waals surface area (Å²) >= 11 is 0. The number of hydrogen-bond donors (Lipinski definition) is 2. The molecule has 0 aromatic heterocycles. The van der Waals surface area contributed by atoms with E-state index in [-0.39, 0.29) is 12.2 Å². The zero-order valence-electron chi connectivity index (χ0n) is 10.9. The minimum Gasteiger partial charge on any atom is -0.497 e. The van der Waals surface area contributed by atoms with Crippen LogP contribution in [-0.2, 0) is 0 Å². The zero-order valence-corrected chi connectivity index (χ0v) is 10.9. The molecule has 2 rings (SSSR count). The van der Waals surface area contributed by atoms with Gasteiger partial charge in [0.2, 0.25) is 0 Å². The van der Waals surface area contributed by atoms with Gasteiger partial charge in [-0.2, -0.15) is 0 Å². The Balaban J connectivity index is 2.00. The van der Waals surface area contributed by atoms with Crippen LogP contribution in [0.25, 0.3) is 0 Å². The summed E-state index contributed by atoms with van der Waals surface area (Å²) in [6.45, 7) is 0.0761. The van der Waals surface area contributed by atoms with Gasteiger partial charge >= 0.3 is 0 Å². The van der Waals surface area contributed by atoms with Crippen LogP contribution >= 0.6 is 0 Å². The molecule has 2 aromatic carbocycles. The number of rotatable bonds is 5. The van der Waals surface area contributed by atoms with Crippen LogP contribution in [0.2, 0.25) is 0 Å². The van der Waals surface area contributed by atoms with Gasteiger partial charge in [0.25, 0.3) is 0 Å². The Bertz CT molecular complexity index is 573. The van der Waals surface area contributed by atoms with Gasteiger partial charge in [0, 0.05) is 6.54 Å². The monoisotopic (exact) mass is 279 g/mol. The van der Waals surface area contributed by atoms with Crippen LogP contribution in [0.1, 0.15) is 11.7 Å². The normalized spacial score (nSPS) is 12.0. The van der Waals surface area contributed by atoms with Gasteiger partial charge in [-0.25, -0.2) is 8.78 Å². The third kappa shape index (κ3) is 3.24. The standard InChI is InChI=1S/C15H15F2NO2/c1-20-11-7-5-10(6-8-11)14(19)9-18-13-4-2-3-12(16)15(13)17/h2-8,14,18-19H,9H2,1H3. The van der Waals surface area contributed by atoms with Crippen LogP contribution in [-0.4, -0.2) is 18.8 Å². The SMILES string of the molecule is COc1ccc(C(O)CNc2cccc(F)c2F)cc1. The second-order valence-electron chi connectivity index (χ2n) is 4.27. The molecule has 0 heterocycles. The lowest BCUT2D eigenvalue weighted by molar-refractivity contribution is 0.191. The molecule has 1 unspecified atom stereocenters. The molecule has 0 saturated heterocycles. The number of benzene rings is 2. The lowest BCUT2D eigenvalue weighted by Crippen LogP contribution is -2.13. The van der Waals surface area contributed by atoms with E-state index in [2.05, 4.69) is 5.32 Å². The summed E-state index contributed by atoms with van der Waals surface area (Å²) in [5.41, 5.74) is 0.688. The van der Waals surface area contributed by atoms with Crippen molar-refractivity contribution in [2.75, 3.05) is 19.0 Å². The fourth-order valence-electron chi connectivity index (χ4n) is 1.79. The first kappa shape index (κ1) is 14.3. The molecule has 0 bridgehead atoms. The molecule has 0 fully saturated rings. The number of anilines is 1. The average Bonchev–Trinajstić information content (AvgIpc) is 2.48. The quantitative estimate of drug-likeness (QED) is 0.883. The third-order valence-corrected chi connectivity index (χ3v) is 2.94. The summed E-state index contributed by atoms with van der Waals surface area (Å²) in [4.78, 5) is 0. The Morgan fingerprint density at radius 3 is 2.50 bits per heavy atom. The minimum atomic E-state index is -0.950.